The van der Waals surface area contributed by atoms with Crippen molar-refractivity contribution in [3.05, 3.63) is 64.7 Å². The van der Waals surface area contributed by atoms with Crippen molar-refractivity contribution in [2.24, 2.45) is 0 Å². The molecule has 1 aliphatic rings. The van der Waals surface area contributed by atoms with Crippen molar-refractivity contribution in [3.8, 4) is 0 Å². The first-order chi connectivity index (χ1) is 13.8. The summed E-state index contributed by atoms with van der Waals surface area (Å²) < 4.78 is 0. The molecule has 154 valence electrons. The van der Waals surface area contributed by atoms with Gasteiger partial charge in [-0.15, -0.1) is 0 Å². The number of likely N-dealkylation sites (tertiary alicyclic amines) is 1. The maximum atomic E-state index is 13.0. The number of hydrogen-bond donors (Lipinski definition) is 2. The van der Waals surface area contributed by atoms with Gasteiger partial charge in [0.25, 0.3) is 0 Å². The SMILES string of the molecule is Cc1cccc(C)c1C1CCCN1C(=O)Nc1ccc(CC(=O)NC(C)C)cc1. The molecule has 0 aliphatic carbocycles. The van der Waals surface area contributed by atoms with Crippen LogP contribution in [-0.4, -0.2) is 29.4 Å². The molecule has 2 N–H and O–H groups in total. The number of aryl methyl sites for hydroxylation is 2. The fourth-order valence-electron chi connectivity index (χ4n) is 4.12. The molecule has 5 nitrogen and oxygen atoms in total. The summed E-state index contributed by atoms with van der Waals surface area (Å²) in [6, 6.07) is 14.0. The number of nitrogens with zero attached hydrogens (tertiary/aromatic N) is 1. The van der Waals surface area contributed by atoms with Crippen LogP contribution < -0.4 is 10.6 Å². The van der Waals surface area contributed by atoms with Crippen LogP contribution in [0.3, 0.4) is 0 Å². The Kier molecular flexibility index (Phi) is 6.57. The van der Waals surface area contributed by atoms with Crippen molar-refractivity contribution < 1.29 is 9.59 Å². The lowest BCUT2D eigenvalue weighted by Crippen LogP contribution is -2.35. The number of rotatable bonds is 5. The van der Waals surface area contributed by atoms with Crippen LogP contribution in [-0.2, 0) is 11.2 Å². The minimum atomic E-state index is -0.0690. The van der Waals surface area contributed by atoms with Gasteiger partial charge in [-0.2, -0.15) is 0 Å². The van der Waals surface area contributed by atoms with E-state index in [0.29, 0.717) is 6.42 Å². The summed E-state index contributed by atoms with van der Waals surface area (Å²) in [6.07, 6.45) is 2.34. The minimum absolute atomic E-state index is 0.00490. The highest BCUT2D eigenvalue weighted by Crippen LogP contribution is 2.36. The van der Waals surface area contributed by atoms with Crippen LogP contribution in [0.4, 0.5) is 10.5 Å². The summed E-state index contributed by atoms with van der Waals surface area (Å²) in [5.41, 5.74) is 5.41. The lowest BCUT2D eigenvalue weighted by molar-refractivity contribution is -0.120. The van der Waals surface area contributed by atoms with Crippen molar-refractivity contribution >= 4 is 17.6 Å². The summed E-state index contributed by atoms with van der Waals surface area (Å²) in [5.74, 6) is 0.00490. The van der Waals surface area contributed by atoms with Gasteiger partial charge < -0.3 is 15.5 Å². The van der Waals surface area contributed by atoms with E-state index in [1.54, 1.807) is 0 Å². The molecule has 1 saturated heterocycles. The maximum absolute atomic E-state index is 13.0. The number of hydrogen-bond acceptors (Lipinski definition) is 2. The molecule has 0 aromatic heterocycles. The molecule has 0 spiro atoms. The second-order valence-corrected chi connectivity index (χ2v) is 8.18. The Morgan fingerprint density at radius 1 is 1.07 bits per heavy atom. The highest BCUT2D eigenvalue weighted by molar-refractivity contribution is 5.90. The Hall–Kier alpha value is -2.82. The van der Waals surface area contributed by atoms with Crippen molar-refractivity contribution in [1.82, 2.24) is 10.2 Å². The van der Waals surface area contributed by atoms with E-state index in [1.807, 2.05) is 43.0 Å². The molecule has 29 heavy (non-hydrogen) atoms. The molecule has 3 amide bonds. The zero-order valence-corrected chi connectivity index (χ0v) is 17.8. The van der Waals surface area contributed by atoms with E-state index >= 15 is 0 Å². The first-order valence-corrected chi connectivity index (χ1v) is 10.4. The van der Waals surface area contributed by atoms with E-state index < -0.39 is 0 Å². The van der Waals surface area contributed by atoms with Crippen molar-refractivity contribution in [2.45, 2.75) is 59.0 Å². The van der Waals surface area contributed by atoms with Gasteiger partial charge in [0, 0.05) is 18.3 Å². The van der Waals surface area contributed by atoms with E-state index in [0.717, 1.165) is 30.6 Å². The number of carbonyl (C=O) groups excluding carboxylic acids is 2. The summed E-state index contributed by atoms with van der Waals surface area (Å²) in [6.45, 7) is 8.88. The fourth-order valence-corrected chi connectivity index (χ4v) is 4.12. The first kappa shape index (κ1) is 20.9. The number of urea groups is 1. The second kappa shape index (κ2) is 9.12. The fraction of sp³-hybridized carbons (Fsp3) is 0.417. The summed E-state index contributed by atoms with van der Waals surface area (Å²) in [5, 5.41) is 5.91. The monoisotopic (exact) mass is 393 g/mol. The van der Waals surface area contributed by atoms with Gasteiger partial charge in [0.15, 0.2) is 0 Å². The van der Waals surface area contributed by atoms with Crippen LogP contribution in [0.15, 0.2) is 42.5 Å². The van der Waals surface area contributed by atoms with Crippen LogP contribution in [0.1, 0.15) is 55.0 Å². The molecule has 5 heteroatoms. The van der Waals surface area contributed by atoms with Gasteiger partial charge in [-0.25, -0.2) is 4.79 Å². The number of anilines is 1. The second-order valence-electron chi connectivity index (χ2n) is 8.18. The Bertz CT molecular complexity index is 854. The zero-order valence-electron chi connectivity index (χ0n) is 17.8. The van der Waals surface area contributed by atoms with E-state index in [4.69, 9.17) is 0 Å². The average Bonchev–Trinajstić information content (AvgIpc) is 3.12. The van der Waals surface area contributed by atoms with Crippen LogP contribution in [0.2, 0.25) is 0 Å². The Morgan fingerprint density at radius 2 is 1.72 bits per heavy atom. The van der Waals surface area contributed by atoms with Gasteiger partial charge in [0.1, 0.15) is 0 Å². The Morgan fingerprint density at radius 3 is 2.34 bits per heavy atom. The van der Waals surface area contributed by atoms with Crippen molar-refractivity contribution in [1.29, 1.82) is 0 Å². The summed E-state index contributed by atoms with van der Waals surface area (Å²) >= 11 is 0. The molecule has 3 rings (SSSR count). The summed E-state index contributed by atoms with van der Waals surface area (Å²) in [7, 11) is 0. The lowest BCUT2D eigenvalue weighted by atomic mass is 9.94. The largest absolute Gasteiger partial charge is 0.354 e. The van der Waals surface area contributed by atoms with E-state index in [2.05, 4.69) is 42.7 Å². The summed E-state index contributed by atoms with van der Waals surface area (Å²) in [4.78, 5) is 26.8. The van der Waals surface area contributed by atoms with Crippen LogP contribution >= 0.6 is 0 Å². The van der Waals surface area contributed by atoms with Crippen LogP contribution in [0.25, 0.3) is 0 Å². The smallest absolute Gasteiger partial charge is 0.322 e. The van der Waals surface area contributed by atoms with Gasteiger partial charge in [0.2, 0.25) is 5.91 Å². The zero-order chi connectivity index (χ0) is 21.0. The molecule has 1 unspecified atom stereocenters. The Balaban J connectivity index is 1.66. The third-order valence-electron chi connectivity index (χ3n) is 5.41. The van der Waals surface area contributed by atoms with Crippen molar-refractivity contribution in [3.63, 3.8) is 0 Å². The molecule has 0 bridgehead atoms. The van der Waals surface area contributed by atoms with E-state index in [9.17, 15) is 9.59 Å². The highest BCUT2D eigenvalue weighted by atomic mass is 16.2. The van der Waals surface area contributed by atoms with Gasteiger partial charge in [0.05, 0.1) is 12.5 Å². The molecular weight excluding hydrogens is 362 g/mol. The normalized spacial score (nSPS) is 16.2. The lowest BCUT2D eigenvalue weighted by Gasteiger charge is -2.28. The number of carbonyl (C=O) groups is 2. The minimum Gasteiger partial charge on any atom is -0.354 e. The molecule has 0 radical (unpaired) electrons. The average molecular weight is 394 g/mol. The van der Waals surface area contributed by atoms with Gasteiger partial charge in [-0.1, -0.05) is 30.3 Å². The third-order valence-corrected chi connectivity index (χ3v) is 5.41. The molecular formula is C24H31N3O2. The molecule has 1 aliphatic heterocycles. The topological polar surface area (TPSA) is 61.4 Å². The van der Waals surface area contributed by atoms with Gasteiger partial charge in [-0.05, 0) is 74.9 Å². The molecule has 1 fully saturated rings. The first-order valence-electron chi connectivity index (χ1n) is 10.4. The van der Waals surface area contributed by atoms with Crippen molar-refractivity contribution in [2.75, 3.05) is 11.9 Å². The molecule has 2 aromatic carbocycles. The highest BCUT2D eigenvalue weighted by Gasteiger charge is 2.31. The quantitative estimate of drug-likeness (QED) is 0.771. The van der Waals surface area contributed by atoms with Gasteiger partial charge in [-0.3, -0.25) is 4.79 Å². The molecule has 1 atom stereocenters. The predicted molar refractivity (Wildman–Crippen MR) is 117 cm³/mol. The molecule has 2 aromatic rings. The standard InChI is InChI=1S/C24H31N3O2/c1-16(2)25-22(28)15-19-10-12-20(13-11-19)26-24(29)27-14-6-9-21(27)23-17(3)7-5-8-18(23)4/h5,7-8,10-13,16,21H,6,9,14-15H2,1-4H3,(H,25,28)(H,26,29). The predicted octanol–water partition coefficient (Wildman–Crippen LogP) is 4.74. The van der Waals surface area contributed by atoms with E-state index in [1.165, 1.54) is 16.7 Å². The van der Waals surface area contributed by atoms with Crippen LogP contribution in [0, 0.1) is 13.8 Å². The number of nitrogens with one attached hydrogen (secondary N) is 2. The maximum Gasteiger partial charge on any atom is 0.322 e. The van der Waals surface area contributed by atoms with Gasteiger partial charge >= 0.3 is 6.03 Å². The molecule has 1 heterocycles. The third kappa shape index (κ3) is 5.17. The Labute approximate surface area is 173 Å². The molecule has 0 saturated carbocycles. The van der Waals surface area contributed by atoms with Crippen LogP contribution in [0.5, 0.6) is 0 Å². The number of amides is 3. The number of benzene rings is 2. The van der Waals surface area contributed by atoms with E-state index in [-0.39, 0.29) is 24.0 Å².